The van der Waals surface area contributed by atoms with E-state index in [0.717, 1.165) is 5.56 Å². The molecule has 1 N–H and O–H groups in total. The quantitative estimate of drug-likeness (QED) is 0.850. The van der Waals surface area contributed by atoms with Gasteiger partial charge in [0, 0.05) is 31.7 Å². The summed E-state index contributed by atoms with van der Waals surface area (Å²) in [4.78, 5) is 38.7. The summed E-state index contributed by atoms with van der Waals surface area (Å²) in [7, 11) is 0. The van der Waals surface area contributed by atoms with Gasteiger partial charge in [-0.15, -0.1) is 0 Å². The number of carbonyl (C=O) groups excluding carboxylic acids is 2. The summed E-state index contributed by atoms with van der Waals surface area (Å²) in [5, 5.41) is 10.3. The number of pyridine rings is 1. The minimum absolute atomic E-state index is 0.110. The van der Waals surface area contributed by atoms with Crippen LogP contribution < -0.4 is 5.43 Å². The van der Waals surface area contributed by atoms with E-state index in [1.165, 1.54) is 27.8 Å². The maximum Gasteiger partial charge on any atom is 0.274 e. The van der Waals surface area contributed by atoms with Crippen LogP contribution in [0.1, 0.15) is 40.3 Å². The zero-order valence-corrected chi connectivity index (χ0v) is 14.5. The van der Waals surface area contributed by atoms with Crippen LogP contribution in [0.3, 0.4) is 0 Å². The van der Waals surface area contributed by atoms with Crippen molar-refractivity contribution >= 4 is 11.7 Å². The van der Waals surface area contributed by atoms with Crippen molar-refractivity contribution < 1.29 is 19.1 Å². The van der Waals surface area contributed by atoms with E-state index < -0.39 is 23.0 Å². The molecule has 0 unspecified atom stereocenters. The molecule has 0 atom stereocenters. The Morgan fingerprint density at radius 3 is 2.46 bits per heavy atom. The van der Waals surface area contributed by atoms with Crippen molar-refractivity contribution in [2.45, 2.75) is 26.9 Å². The van der Waals surface area contributed by atoms with Crippen LogP contribution in [-0.4, -0.2) is 32.8 Å². The highest BCUT2D eigenvalue weighted by atomic mass is 19.1. The van der Waals surface area contributed by atoms with Crippen LogP contribution >= 0.6 is 0 Å². The van der Waals surface area contributed by atoms with Crippen LogP contribution in [0, 0.1) is 11.7 Å². The van der Waals surface area contributed by atoms with Gasteiger partial charge in [0.05, 0.1) is 5.56 Å². The fourth-order valence-electron chi connectivity index (χ4n) is 2.98. The van der Waals surface area contributed by atoms with Crippen LogP contribution in [0.25, 0.3) is 0 Å². The number of halogens is 1. The van der Waals surface area contributed by atoms with Crippen LogP contribution in [0.15, 0.2) is 35.3 Å². The predicted octanol–water partition coefficient (Wildman–Crippen LogP) is 2.19. The van der Waals surface area contributed by atoms with Gasteiger partial charge < -0.3 is 14.6 Å². The summed E-state index contributed by atoms with van der Waals surface area (Å²) in [6.07, 6.45) is 1.35. The molecule has 0 saturated carbocycles. The number of fused-ring (bicyclic) bond motifs is 1. The molecule has 3 rings (SSSR count). The summed E-state index contributed by atoms with van der Waals surface area (Å²) < 4.78 is 14.5. The first-order valence-corrected chi connectivity index (χ1v) is 8.34. The molecular formula is C19H19FN2O4. The zero-order valence-electron chi connectivity index (χ0n) is 14.5. The van der Waals surface area contributed by atoms with Gasteiger partial charge in [0.15, 0.2) is 17.2 Å². The van der Waals surface area contributed by atoms with E-state index in [2.05, 4.69) is 0 Å². The lowest BCUT2D eigenvalue weighted by Crippen LogP contribution is -2.41. The second-order valence-electron chi connectivity index (χ2n) is 6.63. The molecule has 0 bridgehead atoms. The summed E-state index contributed by atoms with van der Waals surface area (Å²) in [5.41, 5.74) is -0.321. The average Bonchev–Trinajstić information content (AvgIpc) is 2.61. The Labute approximate surface area is 149 Å². The van der Waals surface area contributed by atoms with Crippen LogP contribution in [0.2, 0.25) is 0 Å². The van der Waals surface area contributed by atoms with Gasteiger partial charge in [-0.1, -0.05) is 26.0 Å². The molecule has 0 aliphatic carbocycles. The van der Waals surface area contributed by atoms with E-state index in [1.54, 1.807) is 26.0 Å². The summed E-state index contributed by atoms with van der Waals surface area (Å²) in [6, 6.07) is 5.77. The average molecular weight is 358 g/mol. The summed E-state index contributed by atoms with van der Waals surface area (Å²) in [5.74, 6) is -2.34. The van der Waals surface area contributed by atoms with Crippen molar-refractivity contribution in [3.05, 3.63) is 63.3 Å². The monoisotopic (exact) mass is 358 g/mol. The lowest BCUT2D eigenvalue weighted by molar-refractivity contribution is 0.0681. The Morgan fingerprint density at radius 1 is 1.19 bits per heavy atom. The molecular weight excluding hydrogens is 339 g/mol. The maximum atomic E-state index is 13.0. The molecule has 0 spiro atoms. The number of hydrogen-bond donors (Lipinski definition) is 1. The second kappa shape index (κ2) is 6.74. The van der Waals surface area contributed by atoms with Crippen molar-refractivity contribution in [2.75, 3.05) is 6.54 Å². The number of hydrogen-bond acceptors (Lipinski definition) is 4. The number of aromatic nitrogens is 1. The molecule has 6 nitrogen and oxygen atoms in total. The Morgan fingerprint density at radius 2 is 1.85 bits per heavy atom. The Hall–Kier alpha value is -2.96. The first-order chi connectivity index (χ1) is 12.3. The molecule has 1 aliphatic heterocycles. The van der Waals surface area contributed by atoms with E-state index >= 15 is 0 Å². The molecule has 26 heavy (non-hydrogen) atoms. The molecule has 1 aromatic carbocycles. The highest BCUT2D eigenvalue weighted by Crippen LogP contribution is 2.22. The summed E-state index contributed by atoms with van der Waals surface area (Å²) >= 11 is 0. The van der Waals surface area contributed by atoms with Gasteiger partial charge in [-0.25, -0.2) is 4.39 Å². The topological polar surface area (TPSA) is 79.6 Å². The number of rotatable bonds is 4. The van der Waals surface area contributed by atoms with Gasteiger partial charge in [-0.3, -0.25) is 14.4 Å². The minimum Gasteiger partial charge on any atom is -0.503 e. The largest absolute Gasteiger partial charge is 0.503 e. The molecule has 136 valence electrons. The van der Waals surface area contributed by atoms with Gasteiger partial charge >= 0.3 is 0 Å². The number of ketones is 1. The molecule has 0 fully saturated rings. The molecule has 1 aliphatic rings. The third-order valence-corrected chi connectivity index (χ3v) is 4.43. The van der Waals surface area contributed by atoms with Crippen molar-refractivity contribution in [3.63, 3.8) is 0 Å². The van der Waals surface area contributed by atoms with E-state index in [9.17, 15) is 23.9 Å². The van der Waals surface area contributed by atoms with E-state index in [0.29, 0.717) is 13.1 Å². The van der Waals surface area contributed by atoms with E-state index in [4.69, 9.17) is 0 Å². The molecule has 7 heteroatoms. The molecule has 2 heterocycles. The van der Waals surface area contributed by atoms with Crippen LogP contribution in [0.4, 0.5) is 4.39 Å². The van der Waals surface area contributed by atoms with Crippen molar-refractivity contribution in [2.24, 2.45) is 5.92 Å². The lowest BCUT2D eigenvalue weighted by atomic mass is 10.0. The molecule has 1 amide bonds. The fraction of sp³-hybridized carbons (Fsp3) is 0.316. The third-order valence-electron chi connectivity index (χ3n) is 4.43. The summed E-state index contributed by atoms with van der Waals surface area (Å²) in [6.45, 7) is 4.26. The predicted molar refractivity (Wildman–Crippen MR) is 92.7 cm³/mol. The first-order valence-electron chi connectivity index (χ1n) is 8.34. The smallest absolute Gasteiger partial charge is 0.274 e. The molecule has 0 saturated heterocycles. The normalized spacial score (nSPS) is 13.8. The van der Waals surface area contributed by atoms with Crippen LogP contribution in [0.5, 0.6) is 5.75 Å². The van der Waals surface area contributed by atoms with Gasteiger partial charge in [-0.05, 0) is 17.7 Å². The zero-order chi connectivity index (χ0) is 19.0. The lowest BCUT2D eigenvalue weighted by Gasteiger charge is -2.30. The SMILES string of the molecule is CC(C)C(=O)c1cn2c(c(O)c1=O)C(=O)N(Cc1ccc(F)cc1)CC2. The van der Waals surface area contributed by atoms with Gasteiger partial charge in [0.1, 0.15) is 5.82 Å². The number of amides is 1. The Bertz CT molecular complexity index is 932. The molecule has 1 aromatic heterocycles. The second-order valence-corrected chi connectivity index (χ2v) is 6.63. The number of benzene rings is 1. The first kappa shape index (κ1) is 17.8. The number of nitrogens with zero attached hydrogens (tertiary/aromatic N) is 2. The van der Waals surface area contributed by atoms with Gasteiger partial charge in [-0.2, -0.15) is 0 Å². The molecule has 0 radical (unpaired) electrons. The van der Waals surface area contributed by atoms with Gasteiger partial charge in [0.25, 0.3) is 5.91 Å². The molecule has 2 aromatic rings. The highest BCUT2D eigenvalue weighted by Gasteiger charge is 2.31. The third kappa shape index (κ3) is 3.12. The number of aromatic hydroxyl groups is 1. The number of carbonyl (C=O) groups is 2. The Kier molecular flexibility index (Phi) is 4.63. The maximum absolute atomic E-state index is 13.0. The van der Waals surface area contributed by atoms with Gasteiger partial charge in [0.2, 0.25) is 5.43 Å². The highest BCUT2D eigenvalue weighted by molar-refractivity contribution is 6.00. The van der Waals surface area contributed by atoms with E-state index in [-0.39, 0.29) is 29.4 Å². The van der Waals surface area contributed by atoms with Crippen molar-refractivity contribution in [1.29, 1.82) is 0 Å². The fourth-order valence-corrected chi connectivity index (χ4v) is 2.98. The van der Waals surface area contributed by atoms with Crippen molar-refractivity contribution in [1.82, 2.24) is 9.47 Å². The minimum atomic E-state index is -0.827. The van der Waals surface area contributed by atoms with Crippen LogP contribution in [-0.2, 0) is 13.1 Å². The number of Topliss-reactive ketones (excluding diaryl/α,β-unsaturated/α-hetero) is 1. The van der Waals surface area contributed by atoms with Crippen molar-refractivity contribution in [3.8, 4) is 5.75 Å². The van der Waals surface area contributed by atoms with E-state index in [1.807, 2.05) is 0 Å². The standard InChI is InChI=1S/C19H19FN2O4/c1-11(2)16(23)14-10-21-7-8-22(9-12-3-5-13(20)6-4-12)19(26)15(21)18(25)17(14)24/h3-6,10-11,25H,7-9H2,1-2H3. The Balaban J connectivity index is 1.95.